The van der Waals surface area contributed by atoms with Gasteiger partial charge >= 0.3 is 6.09 Å². The highest BCUT2D eigenvalue weighted by Gasteiger charge is 2.39. The molecule has 4 nitrogen and oxygen atoms in total. The Balaban J connectivity index is 1.23. The second-order valence-electron chi connectivity index (χ2n) is 9.94. The fourth-order valence-corrected chi connectivity index (χ4v) is 6.21. The zero-order valence-corrected chi connectivity index (χ0v) is 19.8. The van der Waals surface area contributed by atoms with Gasteiger partial charge in [0.1, 0.15) is 6.61 Å². The van der Waals surface area contributed by atoms with Gasteiger partial charge in [0.15, 0.2) is 0 Å². The normalized spacial score (nSPS) is 21.0. The van der Waals surface area contributed by atoms with Crippen molar-refractivity contribution in [3.63, 3.8) is 0 Å². The van der Waals surface area contributed by atoms with Crippen LogP contribution in [0.2, 0.25) is 0 Å². The summed E-state index contributed by atoms with van der Waals surface area (Å²) in [5.41, 5.74) is 9.74. The highest BCUT2D eigenvalue weighted by atomic mass is 16.6. The van der Waals surface area contributed by atoms with Crippen LogP contribution in [0.4, 0.5) is 4.79 Å². The van der Waals surface area contributed by atoms with Crippen molar-refractivity contribution in [2.24, 2.45) is 0 Å². The molecule has 1 fully saturated rings. The van der Waals surface area contributed by atoms with Crippen LogP contribution in [0.15, 0.2) is 66.9 Å². The first-order valence-corrected chi connectivity index (χ1v) is 12.4. The third kappa shape index (κ3) is 3.53. The molecule has 1 saturated heterocycles. The lowest BCUT2D eigenvalue weighted by atomic mass is 9.83. The minimum absolute atomic E-state index is 0.0839. The summed E-state index contributed by atoms with van der Waals surface area (Å²) in [7, 11) is 0. The molecule has 0 radical (unpaired) electrons. The summed E-state index contributed by atoms with van der Waals surface area (Å²) in [4.78, 5) is 20.1. The molecule has 3 heterocycles. The van der Waals surface area contributed by atoms with Gasteiger partial charge in [0.25, 0.3) is 0 Å². The van der Waals surface area contributed by atoms with E-state index in [1.54, 1.807) is 0 Å². The van der Waals surface area contributed by atoms with Crippen LogP contribution >= 0.6 is 0 Å². The predicted molar refractivity (Wildman–Crippen MR) is 135 cm³/mol. The van der Waals surface area contributed by atoms with Gasteiger partial charge in [-0.3, -0.25) is 9.88 Å². The van der Waals surface area contributed by atoms with Crippen LogP contribution < -0.4 is 0 Å². The van der Waals surface area contributed by atoms with Crippen LogP contribution in [-0.2, 0) is 4.74 Å². The maximum atomic E-state index is 13.4. The van der Waals surface area contributed by atoms with E-state index in [4.69, 9.17) is 9.72 Å². The van der Waals surface area contributed by atoms with Crippen molar-refractivity contribution in [2.75, 3.05) is 6.61 Å². The number of piperidine rings is 1. The second kappa shape index (κ2) is 8.43. The summed E-state index contributed by atoms with van der Waals surface area (Å²) in [6.45, 7) is 4.58. The molecule has 3 aromatic rings. The van der Waals surface area contributed by atoms with Gasteiger partial charge in [-0.15, -0.1) is 0 Å². The molecule has 1 aliphatic carbocycles. The number of ether oxygens (including phenoxy) is 1. The SMILES string of the molecule is Cc1cnc(C2=CC3CCCC(C2)N3C(=O)OCC2c3ccccc3-c3ccccc32)c(C)c1. The Labute approximate surface area is 201 Å². The van der Waals surface area contributed by atoms with Crippen LogP contribution in [0.1, 0.15) is 59.5 Å². The van der Waals surface area contributed by atoms with E-state index >= 15 is 0 Å². The number of hydrogen-bond donors (Lipinski definition) is 0. The van der Waals surface area contributed by atoms with E-state index in [0.29, 0.717) is 6.61 Å². The Bertz CT molecular complexity index is 1250. The number of benzene rings is 2. The number of rotatable bonds is 3. The van der Waals surface area contributed by atoms with E-state index in [1.807, 2.05) is 11.1 Å². The van der Waals surface area contributed by atoms with Crippen molar-refractivity contribution in [2.45, 2.75) is 57.5 Å². The smallest absolute Gasteiger partial charge is 0.410 e. The number of nitrogens with zero attached hydrogens (tertiary/aromatic N) is 2. The van der Waals surface area contributed by atoms with E-state index in [2.05, 4.69) is 74.5 Å². The van der Waals surface area contributed by atoms with E-state index in [-0.39, 0.29) is 24.1 Å². The molecule has 2 bridgehead atoms. The predicted octanol–water partition coefficient (Wildman–Crippen LogP) is 6.66. The van der Waals surface area contributed by atoms with Gasteiger partial charge in [-0.05, 0) is 78.5 Å². The summed E-state index contributed by atoms with van der Waals surface area (Å²) in [6.07, 6.45) is 8.02. The standard InChI is InChI=1S/C30H30N2O2/c1-19-14-20(2)29(31-17-19)21-15-22-8-7-9-23(16-21)32(22)30(33)34-18-28-26-12-5-3-10-24(26)25-11-4-6-13-27(25)28/h3-6,10-15,17,22-23,28H,7-9,16,18H2,1-2H3. The fourth-order valence-electron chi connectivity index (χ4n) is 6.21. The molecule has 3 aliphatic rings. The summed E-state index contributed by atoms with van der Waals surface area (Å²) < 4.78 is 6.04. The van der Waals surface area contributed by atoms with Crippen molar-refractivity contribution in [1.82, 2.24) is 9.88 Å². The molecule has 0 saturated carbocycles. The van der Waals surface area contributed by atoms with Crippen LogP contribution in [0.5, 0.6) is 0 Å². The molecule has 172 valence electrons. The van der Waals surface area contributed by atoms with Crippen molar-refractivity contribution in [3.8, 4) is 11.1 Å². The molecule has 2 aliphatic heterocycles. The van der Waals surface area contributed by atoms with E-state index in [9.17, 15) is 4.79 Å². The third-order valence-electron chi connectivity index (χ3n) is 7.70. The van der Waals surface area contributed by atoms with Crippen molar-refractivity contribution in [3.05, 3.63) is 94.8 Å². The topological polar surface area (TPSA) is 42.4 Å². The first kappa shape index (κ1) is 21.2. The number of fused-ring (bicyclic) bond motifs is 5. The van der Waals surface area contributed by atoms with E-state index in [0.717, 1.165) is 31.4 Å². The third-order valence-corrected chi connectivity index (χ3v) is 7.70. The molecule has 0 N–H and O–H groups in total. The summed E-state index contributed by atoms with van der Waals surface area (Å²) >= 11 is 0. The fraction of sp³-hybridized carbons (Fsp3) is 0.333. The average molecular weight is 451 g/mol. The van der Waals surface area contributed by atoms with E-state index < -0.39 is 0 Å². The molecular formula is C30H30N2O2. The Morgan fingerprint density at radius 3 is 2.41 bits per heavy atom. The van der Waals surface area contributed by atoms with Crippen molar-refractivity contribution in [1.29, 1.82) is 0 Å². The number of carbonyl (C=O) groups is 1. The molecule has 34 heavy (non-hydrogen) atoms. The first-order valence-electron chi connectivity index (χ1n) is 12.4. The van der Waals surface area contributed by atoms with Gasteiger partial charge in [0.05, 0.1) is 11.7 Å². The highest BCUT2D eigenvalue weighted by molar-refractivity contribution is 5.79. The first-order chi connectivity index (χ1) is 16.6. The van der Waals surface area contributed by atoms with Crippen LogP contribution in [0, 0.1) is 13.8 Å². The van der Waals surface area contributed by atoms with Gasteiger partial charge in [-0.25, -0.2) is 4.79 Å². The van der Waals surface area contributed by atoms with Gasteiger partial charge in [-0.1, -0.05) is 60.7 Å². The minimum atomic E-state index is -0.180. The maximum absolute atomic E-state index is 13.4. The largest absolute Gasteiger partial charge is 0.448 e. The molecule has 0 spiro atoms. The Kier molecular flexibility index (Phi) is 5.24. The lowest BCUT2D eigenvalue weighted by molar-refractivity contribution is 0.0538. The minimum Gasteiger partial charge on any atom is -0.448 e. The van der Waals surface area contributed by atoms with Gasteiger partial charge in [-0.2, -0.15) is 0 Å². The molecule has 1 aromatic heterocycles. The highest BCUT2D eigenvalue weighted by Crippen LogP contribution is 2.45. The molecule has 2 aromatic carbocycles. The van der Waals surface area contributed by atoms with Crippen molar-refractivity contribution < 1.29 is 9.53 Å². The molecule has 1 amide bonds. The number of carbonyl (C=O) groups excluding carboxylic acids is 1. The zero-order chi connectivity index (χ0) is 23.2. The summed E-state index contributed by atoms with van der Waals surface area (Å²) in [5.74, 6) is 0.0893. The number of pyridine rings is 1. The Morgan fingerprint density at radius 2 is 1.74 bits per heavy atom. The molecule has 4 heteroatoms. The van der Waals surface area contributed by atoms with Crippen LogP contribution in [0.3, 0.4) is 0 Å². The molecule has 6 rings (SSSR count). The second-order valence-corrected chi connectivity index (χ2v) is 9.94. The van der Waals surface area contributed by atoms with Crippen LogP contribution in [-0.4, -0.2) is 34.7 Å². The van der Waals surface area contributed by atoms with E-state index in [1.165, 1.54) is 39.0 Å². The zero-order valence-electron chi connectivity index (χ0n) is 19.8. The quantitative estimate of drug-likeness (QED) is 0.448. The average Bonchev–Trinajstić information content (AvgIpc) is 3.15. The van der Waals surface area contributed by atoms with Gasteiger partial charge < -0.3 is 4.74 Å². The van der Waals surface area contributed by atoms with Gasteiger partial charge in [0, 0.05) is 18.2 Å². The number of hydrogen-bond acceptors (Lipinski definition) is 3. The maximum Gasteiger partial charge on any atom is 0.410 e. The van der Waals surface area contributed by atoms with Crippen molar-refractivity contribution >= 4 is 11.7 Å². The molecular weight excluding hydrogens is 420 g/mol. The lowest BCUT2D eigenvalue weighted by Gasteiger charge is -2.44. The Hall–Kier alpha value is -3.40. The molecule has 2 unspecified atom stereocenters. The monoisotopic (exact) mass is 450 g/mol. The summed E-state index contributed by atoms with van der Waals surface area (Å²) in [5, 5.41) is 0. The van der Waals surface area contributed by atoms with Gasteiger partial charge in [0.2, 0.25) is 0 Å². The number of amides is 1. The van der Waals surface area contributed by atoms with Crippen LogP contribution in [0.25, 0.3) is 16.7 Å². The lowest BCUT2D eigenvalue weighted by Crippen LogP contribution is -2.52. The number of aromatic nitrogens is 1. The number of aryl methyl sites for hydroxylation is 2. The summed E-state index contributed by atoms with van der Waals surface area (Å²) in [6, 6.07) is 19.4. The Morgan fingerprint density at radius 1 is 1.03 bits per heavy atom. The molecule has 2 atom stereocenters.